The zero-order valence-electron chi connectivity index (χ0n) is 16.7. The summed E-state index contributed by atoms with van der Waals surface area (Å²) in [5.74, 6) is 1.51. The first-order valence-electron chi connectivity index (χ1n) is 10.4. The lowest BCUT2D eigenvalue weighted by molar-refractivity contribution is -0.122. The van der Waals surface area contributed by atoms with Crippen molar-refractivity contribution < 1.29 is 4.79 Å². The van der Waals surface area contributed by atoms with Gasteiger partial charge >= 0.3 is 0 Å². The molecule has 0 spiro atoms. The Hall–Kier alpha value is -2.84. The van der Waals surface area contributed by atoms with Crippen LogP contribution < -0.4 is 5.32 Å². The number of benzene rings is 1. The van der Waals surface area contributed by atoms with Crippen molar-refractivity contribution in [2.75, 3.05) is 26.2 Å². The summed E-state index contributed by atoms with van der Waals surface area (Å²) in [6.45, 7) is 2.88. The number of hydrogen-bond acceptors (Lipinski definition) is 6. The number of fused-ring (bicyclic) bond motifs is 2. The lowest BCUT2D eigenvalue weighted by Crippen LogP contribution is -2.41. The van der Waals surface area contributed by atoms with Gasteiger partial charge in [0, 0.05) is 25.1 Å². The molecule has 0 saturated carbocycles. The number of piperidine rings is 1. The van der Waals surface area contributed by atoms with Crippen molar-refractivity contribution >= 4 is 33.1 Å². The number of nitrogens with one attached hydrogen (secondary N) is 1. The Morgan fingerprint density at radius 2 is 1.93 bits per heavy atom. The van der Waals surface area contributed by atoms with E-state index in [0.717, 1.165) is 54.3 Å². The van der Waals surface area contributed by atoms with E-state index in [0.29, 0.717) is 19.0 Å². The van der Waals surface area contributed by atoms with E-state index in [1.807, 2.05) is 42.6 Å². The van der Waals surface area contributed by atoms with E-state index in [4.69, 9.17) is 0 Å². The fourth-order valence-electron chi connectivity index (χ4n) is 4.08. The highest BCUT2D eigenvalue weighted by Gasteiger charge is 2.25. The fraction of sp³-hybridized carbons (Fsp3) is 0.364. The number of likely N-dealkylation sites (tertiary alicyclic amines) is 1. The molecule has 1 saturated heterocycles. The van der Waals surface area contributed by atoms with Crippen molar-refractivity contribution in [2.24, 2.45) is 0 Å². The van der Waals surface area contributed by atoms with Gasteiger partial charge in [0.1, 0.15) is 5.82 Å². The van der Waals surface area contributed by atoms with E-state index < -0.39 is 0 Å². The molecule has 0 radical (unpaired) electrons. The maximum atomic E-state index is 12.4. The number of aromatic nitrogens is 4. The number of rotatable bonds is 6. The molecule has 0 unspecified atom stereocenters. The summed E-state index contributed by atoms with van der Waals surface area (Å²) < 4.78 is 3.27. The highest BCUT2D eigenvalue weighted by molar-refractivity contribution is 7.18. The summed E-state index contributed by atoms with van der Waals surface area (Å²) in [4.78, 5) is 19.2. The zero-order valence-corrected chi connectivity index (χ0v) is 17.5. The second-order valence-electron chi connectivity index (χ2n) is 7.71. The van der Waals surface area contributed by atoms with Crippen molar-refractivity contribution in [3.05, 3.63) is 59.5 Å². The van der Waals surface area contributed by atoms with Crippen LogP contribution in [0.25, 0.3) is 15.9 Å². The molecule has 30 heavy (non-hydrogen) atoms. The average molecular weight is 421 g/mol. The first-order valence-corrected chi connectivity index (χ1v) is 11.2. The molecule has 1 N–H and O–H groups in total. The molecule has 0 aliphatic carbocycles. The van der Waals surface area contributed by atoms with E-state index in [2.05, 4.69) is 35.9 Å². The standard InChI is InChI=1S/C22H24N6OS/c29-20(23-11-8-21-24-17-5-1-2-6-18(17)30-21)15-27-13-9-16(10-14-27)22-26-25-19-7-3-4-12-28(19)22/h1-7,12,16H,8-11,13-15H2,(H,23,29). The Morgan fingerprint density at radius 3 is 2.80 bits per heavy atom. The Balaban J connectivity index is 1.08. The van der Waals surface area contributed by atoms with Gasteiger partial charge in [-0.05, 0) is 50.2 Å². The largest absolute Gasteiger partial charge is 0.355 e. The number of nitrogens with zero attached hydrogens (tertiary/aromatic N) is 5. The second-order valence-corrected chi connectivity index (χ2v) is 8.83. The number of carbonyl (C=O) groups is 1. The molecule has 8 heteroatoms. The van der Waals surface area contributed by atoms with Gasteiger partial charge in [-0.25, -0.2) is 4.98 Å². The monoisotopic (exact) mass is 420 g/mol. The van der Waals surface area contributed by atoms with Crippen LogP contribution in [0.4, 0.5) is 0 Å². The number of pyridine rings is 1. The van der Waals surface area contributed by atoms with Crippen molar-refractivity contribution in [1.29, 1.82) is 0 Å². The fourth-order valence-corrected chi connectivity index (χ4v) is 5.05. The molecule has 3 aromatic heterocycles. The summed E-state index contributed by atoms with van der Waals surface area (Å²) in [6, 6.07) is 14.1. The number of carbonyl (C=O) groups excluding carboxylic acids is 1. The maximum absolute atomic E-state index is 12.4. The number of amides is 1. The molecule has 0 bridgehead atoms. The highest BCUT2D eigenvalue weighted by atomic mass is 32.1. The van der Waals surface area contributed by atoms with Crippen LogP contribution in [0.1, 0.15) is 29.6 Å². The van der Waals surface area contributed by atoms with Crippen LogP contribution in [0.2, 0.25) is 0 Å². The summed E-state index contributed by atoms with van der Waals surface area (Å²) in [6.07, 6.45) is 4.78. The lowest BCUT2D eigenvalue weighted by atomic mass is 9.96. The minimum atomic E-state index is 0.0856. The van der Waals surface area contributed by atoms with E-state index >= 15 is 0 Å². The van der Waals surface area contributed by atoms with Gasteiger partial charge in [0.25, 0.3) is 0 Å². The van der Waals surface area contributed by atoms with E-state index in [1.165, 1.54) is 4.70 Å². The quantitative estimate of drug-likeness (QED) is 0.519. The van der Waals surface area contributed by atoms with Gasteiger partial charge in [-0.1, -0.05) is 18.2 Å². The first kappa shape index (κ1) is 19.1. The number of para-hydroxylation sites is 1. The third kappa shape index (κ3) is 4.06. The Labute approximate surface area is 178 Å². The van der Waals surface area contributed by atoms with Crippen molar-refractivity contribution in [3.63, 3.8) is 0 Å². The Kier molecular flexibility index (Phi) is 5.42. The predicted molar refractivity (Wildman–Crippen MR) is 118 cm³/mol. The Bertz CT molecular complexity index is 1130. The molecule has 1 aliphatic rings. The van der Waals surface area contributed by atoms with Gasteiger partial charge in [-0.3, -0.25) is 14.1 Å². The van der Waals surface area contributed by atoms with Gasteiger partial charge < -0.3 is 5.32 Å². The van der Waals surface area contributed by atoms with Gasteiger partial charge in [0.05, 0.1) is 21.8 Å². The molecule has 1 aliphatic heterocycles. The normalized spacial score (nSPS) is 15.7. The minimum Gasteiger partial charge on any atom is -0.355 e. The van der Waals surface area contributed by atoms with Crippen LogP contribution in [-0.2, 0) is 11.2 Å². The molecule has 1 fully saturated rings. The van der Waals surface area contributed by atoms with Crippen molar-refractivity contribution in [3.8, 4) is 0 Å². The van der Waals surface area contributed by atoms with Crippen LogP contribution >= 0.6 is 11.3 Å². The third-order valence-corrected chi connectivity index (χ3v) is 6.76. The van der Waals surface area contributed by atoms with E-state index in [-0.39, 0.29) is 5.91 Å². The van der Waals surface area contributed by atoms with Crippen LogP contribution in [0.5, 0.6) is 0 Å². The summed E-state index contributed by atoms with van der Waals surface area (Å²) in [7, 11) is 0. The van der Waals surface area contributed by atoms with Crippen LogP contribution in [0.15, 0.2) is 48.7 Å². The molecule has 4 aromatic rings. The van der Waals surface area contributed by atoms with Crippen LogP contribution in [0.3, 0.4) is 0 Å². The molecule has 1 amide bonds. The van der Waals surface area contributed by atoms with Gasteiger partial charge in [-0.2, -0.15) is 0 Å². The van der Waals surface area contributed by atoms with Gasteiger partial charge in [0.15, 0.2) is 5.65 Å². The highest BCUT2D eigenvalue weighted by Crippen LogP contribution is 2.27. The van der Waals surface area contributed by atoms with Crippen LogP contribution in [-0.4, -0.2) is 56.6 Å². The number of thiazole rings is 1. The van der Waals surface area contributed by atoms with Crippen molar-refractivity contribution in [1.82, 2.24) is 29.8 Å². The molecular weight excluding hydrogens is 396 g/mol. The zero-order chi connectivity index (χ0) is 20.3. The molecule has 7 nitrogen and oxygen atoms in total. The van der Waals surface area contributed by atoms with E-state index in [9.17, 15) is 4.79 Å². The molecule has 1 aromatic carbocycles. The van der Waals surface area contributed by atoms with Crippen LogP contribution in [0, 0.1) is 0 Å². The van der Waals surface area contributed by atoms with Gasteiger partial charge in [0.2, 0.25) is 5.91 Å². The average Bonchev–Trinajstić information content (AvgIpc) is 3.38. The Morgan fingerprint density at radius 1 is 1.10 bits per heavy atom. The van der Waals surface area contributed by atoms with Gasteiger partial charge in [-0.15, -0.1) is 21.5 Å². The molecule has 4 heterocycles. The predicted octanol–water partition coefficient (Wildman–Crippen LogP) is 2.88. The topological polar surface area (TPSA) is 75.4 Å². The second kappa shape index (κ2) is 8.49. The lowest BCUT2D eigenvalue weighted by Gasteiger charge is -2.30. The molecule has 154 valence electrons. The summed E-state index contributed by atoms with van der Waals surface area (Å²) in [5, 5.41) is 12.8. The smallest absolute Gasteiger partial charge is 0.234 e. The molecule has 5 rings (SSSR count). The number of hydrogen-bond donors (Lipinski definition) is 1. The summed E-state index contributed by atoms with van der Waals surface area (Å²) >= 11 is 1.70. The van der Waals surface area contributed by atoms with Crippen molar-refractivity contribution in [2.45, 2.75) is 25.2 Å². The summed E-state index contributed by atoms with van der Waals surface area (Å²) in [5.41, 5.74) is 1.93. The minimum absolute atomic E-state index is 0.0856. The first-order chi connectivity index (χ1) is 14.8. The third-order valence-electron chi connectivity index (χ3n) is 5.66. The maximum Gasteiger partial charge on any atom is 0.234 e. The molecule has 0 atom stereocenters. The SMILES string of the molecule is O=C(CN1CCC(c2nnc3ccccn23)CC1)NCCc1nc2ccccc2s1. The van der Waals surface area contributed by atoms with E-state index in [1.54, 1.807) is 11.3 Å². The molecular formula is C22H24N6OS.